The van der Waals surface area contributed by atoms with Gasteiger partial charge in [-0.25, -0.2) is 4.39 Å². The Morgan fingerprint density at radius 2 is 1.66 bits per heavy atom. The van der Waals surface area contributed by atoms with Crippen LogP contribution in [0.25, 0.3) is 22.2 Å². The number of rotatable bonds is 5. The number of nitrogens with one attached hydrogen (secondary N) is 1. The first-order valence-electron chi connectivity index (χ1n) is 14.5. The maximum atomic E-state index is 16.0. The minimum atomic E-state index is -0.415. The van der Waals surface area contributed by atoms with E-state index in [0.717, 1.165) is 63.2 Å². The van der Waals surface area contributed by atoms with E-state index >= 15 is 4.39 Å². The normalized spacial score (nSPS) is 25.2. The molecule has 7 nitrogen and oxygen atoms in total. The number of aromatic nitrogens is 3. The van der Waals surface area contributed by atoms with Gasteiger partial charge in [-0.1, -0.05) is 49.6 Å². The van der Waals surface area contributed by atoms with E-state index in [4.69, 9.17) is 9.72 Å². The van der Waals surface area contributed by atoms with Crippen LogP contribution in [0, 0.1) is 5.82 Å². The average molecular weight is 517 g/mol. The molecule has 1 aliphatic carbocycles. The van der Waals surface area contributed by atoms with Crippen LogP contribution >= 0.6 is 0 Å². The average Bonchev–Trinajstić information content (AvgIpc) is 3.61. The molecule has 0 amide bonds. The van der Waals surface area contributed by atoms with Gasteiger partial charge in [0, 0.05) is 36.9 Å². The monoisotopic (exact) mass is 516 g/mol. The number of piperazine rings is 1. The highest BCUT2D eigenvalue weighted by atomic mass is 19.1. The predicted molar refractivity (Wildman–Crippen MR) is 147 cm³/mol. The summed E-state index contributed by atoms with van der Waals surface area (Å²) in [7, 11) is 0. The summed E-state index contributed by atoms with van der Waals surface area (Å²) in [6.45, 7) is 4.53. The molecule has 5 aliphatic rings. The number of pyridine rings is 1. The first kappa shape index (κ1) is 24.2. The molecule has 4 saturated heterocycles. The Morgan fingerprint density at radius 1 is 0.947 bits per heavy atom. The van der Waals surface area contributed by atoms with Crippen molar-refractivity contribution in [2.75, 3.05) is 37.7 Å². The number of halogens is 1. The zero-order valence-corrected chi connectivity index (χ0v) is 22.0. The van der Waals surface area contributed by atoms with Crippen molar-refractivity contribution in [1.29, 1.82) is 0 Å². The van der Waals surface area contributed by atoms with E-state index in [-0.39, 0.29) is 17.1 Å². The zero-order valence-electron chi connectivity index (χ0n) is 22.0. The Bertz CT molecular complexity index is 1280. The second-order valence-corrected chi connectivity index (χ2v) is 11.7. The predicted octanol–water partition coefficient (Wildman–Crippen LogP) is 4.95. The highest BCUT2D eigenvalue weighted by Gasteiger charge is 2.45. The van der Waals surface area contributed by atoms with E-state index in [9.17, 15) is 0 Å². The Kier molecular flexibility index (Phi) is 6.40. The van der Waals surface area contributed by atoms with Gasteiger partial charge < -0.3 is 15.0 Å². The molecule has 2 aromatic heterocycles. The first-order valence-corrected chi connectivity index (χ1v) is 14.5. The fourth-order valence-electron chi connectivity index (χ4n) is 6.75. The summed E-state index contributed by atoms with van der Waals surface area (Å²) in [6.07, 6.45) is 13.3. The van der Waals surface area contributed by atoms with Crippen molar-refractivity contribution in [2.45, 2.75) is 75.4 Å². The van der Waals surface area contributed by atoms with Gasteiger partial charge in [-0.3, -0.25) is 9.88 Å². The molecule has 1 saturated carbocycles. The number of fused-ring (bicyclic) bond motifs is 4. The smallest absolute Gasteiger partial charge is 0.319 e. The van der Waals surface area contributed by atoms with Gasteiger partial charge in [-0.15, -0.1) is 0 Å². The van der Waals surface area contributed by atoms with Crippen molar-refractivity contribution >= 4 is 16.7 Å². The van der Waals surface area contributed by atoms with Crippen molar-refractivity contribution in [1.82, 2.24) is 25.2 Å². The van der Waals surface area contributed by atoms with Crippen molar-refractivity contribution in [3.63, 3.8) is 0 Å². The fraction of sp³-hybridized carbons (Fsp3) is 0.567. The molecule has 0 spiro atoms. The van der Waals surface area contributed by atoms with Gasteiger partial charge in [0.25, 0.3) is 0 Å². The Labute approximate surface area is 223 Å². The van der Waals surface area contributed by atoms with Gasteiger partial charge >= 0.3 is 6.01 Å². The highest BCUT2D eigenvalue weighted by Crippen LogP contribution is 2.40. The van der Waals surface area contributed by atoms with Crippen LogP contribution in [0.3, 0.4) is 0 Å². The van der Waals surface area contributed by atoms with Gasteiger partial charge in [0.2, 0.25) is 0 Å². The summed E-state index contributed by atoms with van der Waals surface area (Å²) in [4.78, 5) is 18.9. The van der Waals surface area contributed by atoms with Gasteiger partial charge in [-0.2, -0.15) is 9.97 Å². The van der Waals surface area contributed by atoms with Crippen molar-refractivity contribution in [3.8, 4) is 17.3 Å². The van der Waals surface area contributed by atoms with Crippen molar-refractivity contribution in [3.05, 3.63) is 42.3 Å². The quantitative estimate of drug-likeness (QED) is 0.515. The third-order valence-corrected chi connectivity index (χ3v) is 8.84. The summed E-state index contributed by atoms with van der Waals surface area (Å²) in [6, 6.07) is 10.6. The van der Waals surface area contributed by atoms with E-state index in [0.29, 0.717) is 29.8 Å². The fourth-order valence-corrected chi connectivity index (χ4v) is 6.75. The van der Waals surface area contributed by atoms with Crippen molar-refractivity contribution in [2.24, 2.45) is 0 Å². The highest BCUT2D eigenvalue weighted by molar-refractivity contribution is 5.92. The molecule has 1 N–H and O–H groups in total. The van der Waals surface area contributed by atoms with E-state index in [1.165, 1.54) is 32.1 Å². The summed E-state index contributed by atoms with van der Waals surface area (Å²) in [5, 5.41) is 4.32. The molecule has 200 valence electrons. The molecular formula is C30H37FN6O. The molecule has 5 fully saturated rings. The Balaban J connectivity index is 0.000000756. The third-order valence-electron chi connectivity index (χ3n) is 8.84. The number of nitrogens with zero attached hydrogens (tertiary/aromatic N) is 5. The summed E-state index contributed by atoms with van der Waals surface area (Å²) < 4.78 is 22.3. The lowest BCUT2D eigenvalue weighted by atomic mass is 9.95. The molecule has 8 rings (SSSR count). The molecule has 2 unspecified atom stereocenters. The standard InChI is InChI=1S/C27H31FN6O.C3H6/c28-22-23(18-6-2-1-3-7-18)29-14-21-24(22)31-26(35-17-27-10-4-12-34(27)13-5-11-27)32-25(21)33-15-19-8-9-20(16-33)30-19;1-2-3-1/h1-3,6-7,14,19-20,30H,4-5,8-13,15-17H2;1-3H2. The van der Waals surface area contributed by atoms with Crippen LogP contribution in [-0.2, 0) is 0 Å². The molecule has 6 heterocycles. The second kappa shape index (κ2) is 10.0. The van der Waals surface area contributed by atoms with Gasteiger partial charge in [0.1, 0.15) is 23.6 Å². The molecule has 3 aromatic rings. The van der Waals surface area contributed by atoms with Crippen LogP contribution in [0.2, 0.25) is 0 Å². The first-order chi connectivity index (χ1) is 18.7. The Morgan fingerprint density at radius 3 is 2.34 bits per heavy atom. The maximum Gasteiger partial charge on any atom is 0.319 e. The third kappa shape index (κ3) is 4.62. The van der Waals surface area contributed by atoms with Gasteiger partial charge in [-0.05, 0) is 51.6 Å². The van der Waals surface area contributed by atoms with E-state index in [1.54, 1.807) is 6.20 Å². The van der Waals surface area contributed by atoms with Crippen LogP contribution in [0.15, 0.2) is 36.5 Å². The van der Waals surface area contributed by atoms with Crippen molar-refractivity contribution < 1.29 is 9.13 Å². The van der Waals surface area contributed by atoms with E-state index < -0.39 is 5.82 Å². The van der Waals surface area contributed by atoms with Gasteiger partial charge in [0.15, 0.2) is 5.82 Å². The molecule has 8 heteroatoms. The minimum absolute atomic E-state index is 0.0820. The van der Waals surface area contributed by atoms with Crippen LogP contribution in [0.4, 0.5) is 10.2 Å². The lowest BCUT2D eigenvalue weighted by Gasteiger charge is -2.34. The van der Waals surface area contributed by atoms with Crippen LogP contribution in [0.1, 0.15) is 57.8 Å². The summed E-state index contributed by atoms with van der Waals surface area (Å²) in [5.41, 5.74) is 1.42. The van der Waals surface area contributed by atoms with Crippen LogP contribution < -0.4 is 15.0 Å². The number of anilines is 1. The SMILES string of the molecule is C1CC1.Fc1c(-c2ccccc2)ncc2c(N3CC4CCC(C3)N4)nc(OCC34CCCN3CCC4)nc12. The van der Waals surface area contributed by atoms with Gasteiger partial charge in [0.05, 0.1) is 10.9 Å². The number of hydrogen-bond acceptors (Lipinski definition) is 7. The topological polar surface area (TPSA) is 66.4 Å². The zero-order chi connectivity index (χ0) is 25.5. The molecule has 1 aromatic carbocycles. The maximum absolute atomic E-state index is 16.0. The summed E-state index contributed by atoms with van der Waals surface area (Å²) >= 11 is 0. The van der Waals surface area contributed by atoms with E-state index in [1.807, 2.05) is 30.3 Å². The molecule has 2 atom stereocenters. The molecule has 0 radical (unpaired) electrons. The lowest BCUT2D eigenvalue weighted by Crippen LogP contribution is -2.51. The molecule has 4 aliphatic heterocycles. The largest absolute Gasteiger partial charge is 0.461 e. The summed E-state index contributed by atoms with van der Waals surface area (Å²) in [5.74, 6) is 0.323. The molecule has 38 heavy (non-hydrogen) atoms. The lowest BCUT2D eigenvalue weighted by molar-refractivity contribution is 0.108. The van der Waals surface area contributed by atoms with E-state index in [2.05, 4.69) is 25.1 Å². The molecular weight excluding hydrogens is 479 g/mol. The molecule has 2 bridgehead atoms. The number of ether oxygens (including phenoxy) is 1. The van der Waals surface area contributed by atoms with Crippen LogP contribution in [0.5, 0.6) is 6.01 Å². The second-order valence-electron chi connectivity index (χ2n) is 11.7. The minimum Gasteiger partial charge on any atom is -0.461 e. The van der Waals surface area contributed by atoms with Crippen LogP contribution in [-0.4, -0.2) is 70.3 Å². The number of hydrogen-bond donors (Lipinski definition) is 1. The Hall–Kier alpha value is -2.84. The number of benzene rings is 1.